The SMILES string of the molecule is COc1ccc(C=NNc2nc(-c3ccccc3)c(C#N)c(=O)[nH]2)cc1OCc1c(Cl)cccc1Cl. The largest absolute Gasteiger partial charge is 0.493 e. The molecule has 8 nitrogen and oxygen atoms in total. The summed E-state index contributed by atoms with van der Waals surface area (Å²) in [5.41, 5.74) is 4.31. The molecule has 4 aromatic rings. The lowest BCUT2D eigenvalue weighted by molar-refractivity contribution is 0.284. The predicted molar refractivity (Wildman–Crippen MR) is 140 cm³/mol. The first-order valence-electron chi connectivity index (χ1n) is 10.6. The fourth-order valence-corrected chi connectivity index (χ4v) is 3.82. The summed E-state index contributed by atoms with van der Waals surface area (Å²) in [5, 5.41) is 14.6. The van der Waals surface area contributed by atoms with Crippen molar-refractivity contribution in [3.05, 3.63) is 104 Å². The lowest BCUT2D eigenvalue weighted by Gasteiger charge is -2.13. The number of nitrogens with one attached hydrogen (secondary N) is 2. The van der Waals surface area contributed by atoms with Crippen LogP contribution < -0.4 is 20.5 Å². The number of ether oxygens (including phenoxy) is 2. The van der Waals surface area contributed by atoms with Gasteiger partial charge in [-0.2, -0.15) is 10.4 Å². The zero-order chi connectivity index (χ0) is 25.5. The number of rotatable bonds is 8. The van der Waals surface area contributed by atoms with E-state index in [1.165, 1.54) is 13.3 Å². The number of anilines is 1. The second-order valence-electron chi connectivity index (χ2n) is 7.39. The number of aromatic nitrogens is 2. The van der Waals surface area contributed by atoms with Gasteiger partial charge < -0.3 is 9.47 Å². The molecule has 10 heteroatoms. The van der Waals surface area contributed by atoms with Crippen LogP contribution in [0.3, 0.4) is 0 Å². The number of halogens is 2. The van der Waals surface area contributed by atoms with Crippen molar-refractivity contribution >= 4 is 35.4 Å². The Morgan fingerprint density at radius 1 is 1.08 bits per heavy atom. The monoisotopic (exact) mass is 519 g/mol. The van der Waals surface area contributed by atoms with Crippen LogP contribution in [-0.4, -0.2) is 23.3 Å². The zero-order valence-corrected chi connectivity index (χ0v) is 20.5. The number of methoxy groups -OCH3 is 1. The average molecular weight is 520 g/mol. The standard InChI is InChI=1S/C26H19Cl2N5O3/c1-35-22-11-10-16(12-23(22)36-15-19-20(27)8-5-9-21(19)28)14-30-33-26-31-24(17-6-3-2-4-7-17)18(13-29)25(34)32-26/h2-12,14H,15H2,1H3,(H2,31,32,33,34). The molecule has 0 aliphatic heterocycles. The van der Waals surface area contributed by atoms with Crippen molar-refractivity contribution in [2.24, 2.45) is 5.10 Å². The van der Waals surface area contributed by atoms with E-state index in [1.54, 1.807) is 60.7 Å². The van der Waals surface area contributed by atoms with Gasteiger partial charge in [0.1, 0.15) is 18.2 Å². The maximum atomic E-state index is 12.4. The predicted octanol–water partition coefficient (Wildman–Crippen LogP) is 5.65. The van der Waals surface area contributed by atoms with E-state index in [1.807, 2.05) is 12.1 Å². The van der Waals surface area contributed by atoms with Crippen LogP contribution in [0.4, 0.5) is 5.95 Å². The van der Waals surface area contributed by atoms with E-state index in [0.29, 0.717) is 38.2 Å². The zero-order valence-electron chi connectivity index (χ0n) is 19.0. The van der Waals surface area contributed by atoms with Gasteiger partial charge in [-0.25, -0.2) is 10.4 Å². The molecular weight excluding hydrogens is 501 g/mol. The van der Waals surface area contributed by atoms with Gasteiger partial charge in [0.15, 0.2) is 11.5 Å². The minimum Gasteiger partial charge on any atom is -0.493 e. The number of hydrogen-bond acceptors (Lipinski definition) is 7. The van der Waals surface area contributed by atoms with Crippen molar-refractivity contribution in [3.63, 3.8) is 0 Å². The van der Waals surface area contributed by atoms with Gasteiger partial charge >= 0.3 is 0 Å². The van der Waals surface area contributed by atoms with Gasteiger partial charge in [-0.1, -0.05) is 59.6 Å². The number of nitriles is 1. The van der Waals surface area contributed by atoms with Crippen molar-refractivity contribution in [1.29, 1.82) is 5.26 Å². The van der Waals surface area contributed by atoms with E-state index in [2.05, 4.69) is 20.5 Å². The van der Waals surface area contributed by atoms with E-state index in [9.17, 15) is 10.1 Å². The lowest BCUT2D eigenvalue weighted by atomic mass is 10.1. The molecule has 1 aromatic heterocycles. The summed E-state index contributed by atoms with van der Waals surface area (Å²) in [6.07, 6.45) is 1.52. The Morgan fingerprint density at radius 3 is 2.53 bits per heavy atom. The van der Waals surface area contributed by atoms with Gasteiger partial charge in [0.05, 0.1) is 19.0 Å². The molecule has 0 radical (unpaired) electrons. The fraction of sp³-hybridized carbons (Fsp3) is 0.0769. The van der Waals surface area contributed by atoms with Crippen LogP contribution in [0.1, 0.15) is 16.7 Å². The minimum absolute atomic E-state index is 0.0775. The first-order valence-corrected chi connectivity index (χ1v) is 11.4. The highest BCUT2D eigenvalue weighted by molar-refractivity contribution is 6.35. The van der Waals surface area contributed by atoms with Gasteiger partial charge in [-0.05, 0) is 35.9 Å². The third kappa shape index (κ3) is 5.66. The average Bonchev–Trinajstić information content (AvgIpc) is 2.89. The van der Waals surface area contributed by atoms with E-state index in [0.717, 1.165) is 0 Å². The molecule has 0 unspecified atom stereocenters. The minimum atomic E-state index is -0.567. The topological polar surface area (TPSA) is 112 Å². The highest BCUT2D eigenvalue weighted by Gasteiger charge is 2.13. The van der Waals surface area contributed by atoms with E-state index in [4.69, 9.17) is 32.7 Å². The van der Waals surface area contributed by atoms with Crippen molar-refractivity contribution in [3.8, 4) is 28.8 Å². The first-order chi connectivity index (χ1) is 17.5. The molecule has 0 amide bonds. The summed E-state index contributed by atoms with van der Waals surface area (Å²) in [7, 11) is 1.54. The summed E-state index contributed by atoms with van der Waals surface area (Å²) in [5.74, 6) is 1.08. The Bertz CT molecular complexity index is 1490. The molecule has 0 bridgehead atoms. The fourth-order valence-electron chi connectivity index (χ4n) is 3.31. The number of hydrogen-bond donors (Lipinski definition) is 2. The molecule has 4 rings (SSSR count). The summed E-state index contributed by atoms with van der Waals surface area (Å²) in [6, 6.07) is 21.4. The van der Waals surface area contributed by atoms with Crippen molar-refractivity contribution in [1.82, 2.24) is 9.97 Å². The molecule has 180 valence electrons. The maximum absolute atomic E-state index is 12.4. The van der Waals surface area contributed by atoms with Gasteiger partial charge in [0.25, 0.3) is 5.56 Å². The molecule has 0 saturated carbocycles. The molecule has 1 heterocycles. The molecular formula is C26H19Cl2N5O3. The molecule has 0 atom stereocenters. The third-order valence-corrected chi connectivity index (χ3v) is 5.79. The van der Waals surface area contributed by atoms with E-state index < -0.39 is 5.56 Å². The van der Waals surface area contributed by atoms with Crippen LogP contribution >= 0.6 is 23.2 Å². The normalized spacial score (nSPS) is 10.7. The van der Waals surface area contributed by atoms with Gasteiger partial charge in [0.2, 0.25) is 5.95 Å². The number of H-pyrrole nitrogens is 1. The Kier molecular flexibility index (Phi) is 7.85. The molecule has 0 saturated heterocycles. The number of benzene rings is 3. The Labute approximate surface area is 216 Å². The highest BCUT2D eigenvalue weighted by Crippen LogP contribution is 2.31. The smallest absolute Gasteiger partial charge is 0.270 e. The second-order valence-corrected chi connectivity index (χ2v) is 8.20. The summed E-state index contributed by atoms with van der Waals surface area (Å²) >= 11 is 12.5. The number of nitrogens with zero attached hydrogens (tertiary/aromatic N) is 3. The summed E-state index contributed by atoms with van der Waals surface area (Å²) < 4.78 is 11.3. The van der Waals surface area contributed by atoms with Crippen LogP contribution in [0.15, 0.2) is 76.6 Å². The van der Waals surface area contributed by atoms with Crippen LogP contribution in [0.2, 0.25) is 10.0 Å². The van der Waals surface area contributed by atoms with Gasteiger partial charge in [-0.15, -0.1) is 0 Å². The van der Waals surface area contributed by atoms with E-state index in [-0.39, 0.29) is 23.8 Å². The Balaban J connectivity index is 1.54. The van der Waals surface area contributed by atoms with Crippen LogP contribution in [0, 0.1) is 11.3 Å². The number of aromatic amines is 1. The summed E-state index contributed by atoms with van der Waals surface area (Å²) in [6.45, 7) is 0.145. The molecule has 2 N–H and O–H groups in total. The molecule has 0 aliphatic rings. The molecule has 0 aliphatic carbocycles. The maximum Gasteiger partial charge on any atom is 0.270 e. The van der Waals surface area contributed by atoms with Crippen molar-refractivity contribution in [2.75, 3.05) is 12.5 Å². The molecule has 3 aromatic carbocycles. The van der Waals surface area contributed by atoms with Crippen molar-refractivity contribution in [2.45, 2.75) is 6.61 Å². The lowest BCUT2D eigenvalue weighted by Crippen LogP contribution is -2.16. The summed E-state index contributed by atoms with van der Waals surface area (Å²) in [4.78, 5) is 19.3. The molecule has 0 spiro atoms. The Morgan fingerprint density at radius 2 is 1.83 bits per heavy atom. The third-order valence-electron chi connectivity index (χ3n) is 5.08. The molecule has 36 heavy (non-hydrogen) atoms. The number of hydrazone groups is 1. The quantitative estimate of drug-likeness (QED) is 0.229. The van der Waals surface area contributed by atoms with Crippen LogP contribution in [0.25, 0.3) is 11.3 Å². The van der Waals surface area contributed by atoms with Crippen LogP contribution in [0.5, 0.6) is 11.5 Å². The second kappa shape index (κ2) is 11.4. The van der Waals surface area contributed by atoms with E-state index >= 15 is 0 Å². The first kappa shape index (κ1) is 24.8. The Hall–Kier alpha value is -4.32. The van der Waals surface area contributed by atoms with Gasteiger partial charge in [-0.3, -0.25) is 9.78 Å². The van der Waals surface area contributed by atoms with Crippen molar-refractivity contribution < 1.29 is 9.47 Å². The van der Waals surface area contributed by atoms with Crippen LogP contribution in [-0.2, 0) is 6.61 Å². The van der Waals surface area contributed by atoms with Gasteiger partial charge in [0, 0.05) is 21.2 Å². The highest BCUT2D eigenvalue weighted by atomic mass is 35.5. The molecule has 0 fully saturated rings.